The lowest BCUT2D eigenvalue weighted by atomic mass is 10.1. The molecule has 0 heterocycles. The van der Waals surface area contributed by atoms with Crippen molar-refractivity contribution < 1.29 is 4.74 Å². The molecule has 0 atom stereocenters. The number of halogens is 1. The first kappa shape index (κ1) is 10.3. The molecule has 1 aromatic carbocycles. The van der Waals surface area contributed by atoms with Crippen LogP contribution in [0, 0.1) is 6.92 Å². The van der Waals surface area contributed by atoms with Crippen LogP contribution in [0.3, 0.4) is 0 Å². The molecule has 0 radical (unpaired) electrons. The first-order valence-corrected chi connectivity index (χ1v) is 4.95. The topological polar surface area (TPSA) is 9.23 Å². The van der Waals surface area contributed by atoms with Crippen molar-refractivity contribution >= 4 is 22.0 Å². The lowest BCUT2D eigenvalue weighted by Gasteiger charge is -2.09. The van der Waals surface area contributed by atoms with Crippen LogP contribution < -0.4 is 4.74 Å². The average molecular weight is 241 g/mol. The zero-order valence-electron chi connectivity index (χ0n) is 8.10. The number of rotatable bonds is 2. The Hall–Kier alpha value is -0.760. The minimum Gasteiger partial charge on any atom is -0.496 e. The van der Waals surface area contributed by atoms with Crippen molar-refractivity contribution in [2.45, 2.75) is 13.8 Å². The third kappa shape index (κ3) is 2.13. The van der Waals surface area contributed by atoms with E-state index < -0.39 is 0 Å². The SMILES string of the molecule is C/C=C\c1c(OC)ccc(Br)c1C. The fourth-order valence-electron chi connectivity index (χ4n) is 1.23. The Morgan fingerprint density at radius 2 is 2.08 bits per heavy atom. The third-order valence-corrected chi connectivity index (χ3v) is 2.82. The number of allylic oxidation sites excluding steroid dienone is 1. The summed E-state index contributed by atoms with van der Waals surface area (Å²) in [5.74, 6) is 0.916. The second-order valence-corrected chi connectivity index (χ2v) is 3.64. The van der Waals surface area contributed by atoms with Gasteiger partial charge in [0.2, 0.25) is 0 Å². The molecule has 70 valence electrons. The summed E-state index contributed by atoms with van der Waals surface area (Å²) in [6.45, 7) is 4.07. The molecule has 0 aliphatic heterocycles. The van der Waals surface area contributed by atoms with Crippen molar-refractivity contribution in [2.75, 3.05) is 7.11 Å². The molecule has 1 nitrogen and oxygen atoms in total. The highest BCUT2D eigenvalue weighted by Gasteiger charge is 2.05. The Bertz CT molecular complexity index is 329. The van der Waals surface area contributed by atoms with Gasteiger partial charge < -0.3 is 4.74 Å². The molecular weight excluding hydrogens is 228 g/mol. The highest BCUT2D eigenvalue weighted by atomic mass is 79.9. The third-order valence-electron chi connectivity index (χ3n) is 1.96. The van der Waals surface area contributed by atoms with Gasteiger partial charge in [0.1, 0.15) is 5.75 Å². The second-order valence-electron chi connectivity index (χ2n) is 2.79. The van der Waals surface area contributed by atoms with E-state index in [9.17, 15) is 0 Å². The molecule has 0 saturated heterocycles. The van der Waals surface area contributed by atoms with Crippen LogP contribution in [0.2, 0.25) is 0 Å². The first-order valence-electron chi connectivity index (χ1n) is 4.16. The van der Waals surface area contributed by atoms with E-state index in [0.717, 1.165) is 15.8 Å². The van der Waals surface area contributed by atoms with E-state index in [1.54, 1.807) is 7.11 Å². The summed E-state index contributed by atoms with van der Waals surface area (Å²) in [7, 11) is 1.69. The molecule has 1 rings (SSSR count). The molecule has 2 heteroatoms. The number of hydrogen-bond acceptors (Lipinski definition) is 1. The highest BCUT2D eigenvalue weighted by Crippen LogP contribution is 2.29. The quantitative estimate of drug-likeness (QED) is 0.765. The summed E-state index contributed by atoms with van der Waals surface area (Å²) in [5, 5.41) is 0. The fourth-order valence-corrected chi connectivity index (χ4v) is 1.57. The lowest BCUT2D eigenvalue weighted by Crippen LogP contribution is -1.90. The molecule has 0 aliphatic carbocycles. The largest absolute Gasteiger partial charge is 0.496 e. The average Bonchev–Trinajstić information content (AvgIpc) is 2.14. The minimum absolute atomic E-state index is 0.916. The van der Waals surface area contributed by atoms with Crippen LogP contribution in [0.15, 0.2) is 22.7 Å². The minimum atomic E-state index is 0.916. The molecule has 0 fully saturated rings. The first-order chi connectivity index (χ1) is 6.20. The normalized spacial score (nSPS) is 10.8. The van der Waals surface area contributed by atoms with Gasteiger partial charge in [-0.3, -0.25) is 0 Å². The number of benzene rings is 1. The molecule has 0 N–H and O–H groups in total. The van der Waals surface area contributed by atoms with Crippen molar-refractivity contribution in [1.29, 1.82) is 0 Å². The summed E-state index contributed by atoms with van der Waals surface area (Å²) in [6, 6.07) is 3.97. The Balaban J connectivity index is 3.32. The molecule has 0 bridgehead atoms. The zero-order chi connectivity index (χ0) is 9.84. The van der Waals surface area contributed by atoms with Gasteiger partial charge in [-0.2, -0.15) is 0 Å². The predicted molar refractivity (Wildman–Crippen MR) is 60.1 cm³/mol. The molecule has 1 aromatic rings. The summed E-state index contributed by atoms with van der Waals surface area (Å²) < 4.78 is 6.37. The maximum atomic E-state index is 5.26. The Morgan fingerprint density at radius 1 is 1.38 bits per heavy atom. The molecule has 0 aliphatic rings. The van der Waals surface area contributed by atoms with Gasteiger partial charge in [-0.1, -0.05) is 28.1 Å². The van der Waals surface area contributed by atoms with Crippen molar-refractivity contribution in [3.8, 4) is 5.75 Å². The predicted octanol–water partition coefficient (Wildman–Crippen LogP) is 3.80. The van der Waals surface area contributed by atoms with Crippen molar-refractivity contribution in [2.24, 2.45) is 0 Å². The van der Waals surface area contributed by atoms with Crippen LogP contribution >= 0.6 is 15.9 Å². The van der Waals surface area contributed by atoms with Crippen LogP contribution in [-0.2, 0) is 0 Å². The van der Waals surface area contributed by atoms with Gasteiger partial charge in [-0.25, -0.2) is 0 Å². The smallest absolute Gasteiger partial charge is 0.126 e. The van der Waals surface area contributed by atoms with Gasteiger partial charge >= 0.3 is 0 Å². The Labute approximate surface area is 87.5 Å². The van der Waals surface area contributed by atoms with E-state index in [4.69, 9.17) is 4.74 Å². The molecule has 13 heavy (non-hydrogen) atoms. The van der Waals surface area contributed by atoms with Crippen LogP contribution in [0.1, 0.15) is 18.1 Å². The summed E-state index contributed by atoms with van der Waals surface area (Å²) >= 11 is 3.49. The van der Waals surface area contributed by atoms with E-state index in [1.165, 1.54) is 5.56 Å². The number of ether oxygens (including phenoxy) is 1. The van der Waals surface area contributed by atoms with E-state index in [2.05, 4.69) is 28.9 Å². The Kier molecular flexibility index (Phi) is 3.55. The summed E-state index contributed by atoms with van der Waals surface area (Å²) in [6.07, 6.45) is 4.07. The van der Waals surface area contributed by atoms with E-state index in [-0.39, 0.29) is 0 Å². The maximum absolute atomic E-state index is 5.26. The summed E-state index contributed by atoms with van der Waals surface area (Å²) in [5.41, 5.74) is 2.34. The standard InChI is InChI=1S/C11H13BrO/c1-4-5-9-8(2)10(12)6-7-11(9)13-3/h4-7H,1-3H3/b5-4-. The fraction of sp³-hybridized carbons (Fsp3) is 0.273. The molecule has 0 aromatic heterocycles. The summed E-state index contributed by atoms with van der Waals surface area (Å²) in [4.78, 5) is 0. The van der Waals surface area contributed by atoms with E-state index in [0.29, 0.717) is 0 Å². The molecular formula is C11H13BrO. The Morgan fingerprint density at radius 3 is 2.62 bits per heavy atom. The monoisotopic (exact) mass is 240 g/mol. The van der Waals surface area contributed by atoms with Crippen molar-refractivity contribution in [3.05, 3.63) is 33.8 Å². The van der Waals surface area contributed by atoms with Crippen LogP contribution in [0.4, 0.5) is 0 Å². The maximum Gasteiger partial charge on any atom is 0.126 e. The molecule has 0 unspecified atom stereocenters. The van der Waals surface area contributed by atoms with Gasteiger partial charge in [0.05, 0.1) is 7.11 Å². The van der Waals surface area contributed by atoms with Gasteiger partial charge in [-0.05, 0) is 31.5 Å². The van der Waals surface area contributed by atoms with Crippen LogP contribution in [0.25, 0.3) is 6.08 Å². The number of methoxy groups -OCH3 is 1. The van der Waals surface area contributed by atoms with Crippen LogP contribution in [0.5, 0.6) is 5.75 Å². The number of hydrogen-bond donors (Lipinski definition) is 0. The van der Waals surface area contributed by atoms with E-state index in [1.807, 2.05) is 25.1 Å². The van der Waals surface area contributed by atoms with Gasteiger partial charge in [0.15, 0.2) is 0 Å². The zero-order valence-corrected chi connectivity index (χ0v) is 9.68. The van der Waals surface area contributed by atoms with E-state index >= 15 is 0 Å². The molecule has 0 saturated carbocycles. The lowest BCUT2D eigenvalue weighted by molar-refractivity contribution is 0.413. The van der Waals surface area contributed by atoms with Crippen molar-refractivity contribution in [1.82, 2.24) is 0 Å². The van der Waals surface area contributed by atoms with Gasteiger partial charge in [-0.15, -0.1) is 0 Å². The van der Waals surface area contributed by atoms with Crippen molar-refractivity contribution in [3.63, 3.8) is 0 Å². The van der Waals surface area contributed by atoms with Gasteiger partial charge in [0.25, 0.3) is 0 Å². The second kappa shape index (κ2) is 4.47. The molecule has 0 amide bonds. The highest BCUT2D eigenvalue weighted by molar-refractivity contribution is 9.10. The van der Waals surface area contributed by atoms with Crippen LogP contribution in [-0.4, -0.2) is 7.11 Å². The van der Waals surface area contributed by atoms with Gasteiger partial charge in [0, 0.05) is 10.0 Å². The molecule has 0 spiro atoms.